The third-order valence-electron chi connectivity index (χ3n) is 9.19. The Bertz CT molecular complexity index is 2180. The summed E-state index contributed by atoms with van der Waals surface area (Å²) in [6.45, 7) is 0. The highest BCUT2D eigenvalue weighted by Crippen LogP contribution is 2.76. The zero-order valence-electron chi connectivity index (χ0n) is 24.7. The Kier molecular flexibility index (Phi) is 6.36. The first-order valence-electron chi connectivity index (χ1n) is 15.5. The minimum Gasteiger partial charge on any atom is -0.309 e. The quantitative estimate of drug-likeness (QED) is 0.187. The summed E-state index contributed by atoms with van der Waals surface area (Å²) in [5.74, 6) is 0. The minimum atomic E-state index is -1.88. The molecule has 6 aromatic carbocycles. The van der Waals surface area contributed by atoms with Gasteiger partial charge in [0.25, 0.3) is 0 Å². The lowest BCUT2D eigenvalue weighted by Gasteiger charge is -2.43. The fraction of sp³-hybridized carbons (Fsp3) is 0.0476. The van der Waals surface area contributed by atoms with Gasteiger partial charge < -0.3 is 4.57 Å². The van der Waals surface area contributed by atoms with Crippen LogP contribution in [0.5, 0.6) is 0 Å². The van der Waals surface area contributed by atoms with Crippen LogP contribution in [0.15, 0.2) is 194 Å². The van der Waals surface area contributed by atoms with Gasteiger partial charge in [0, 0.05) is 46.2 Å². The Labute approximate surface area is 269 Å². The Morgan fingerprint density at radius 3 is 1.87 bits per heavy atom. The first kappa shape index (κ1) is 26.7. The van der Waals surface area contributed by atoms with E-state index in [-0.39, 0.29) is 0 Å². The zero-order valence-corrected chi connectivity index (χ0v) is 26.3. The lowest BCUT2D eigenvalue weighted by atomic mass is 9.97. The van der Waals surface area contributed by atoms with Crippen LogP contribution in [0.2, 0.25) is 0 Å². The van der Waals surface area contributed by atoms with E-state index in [1.807, 2.05) is 0 Å². The molecule has 0 saturated carbocycles. The maximum atomic E-state index is 2.47. The third-order valence-corrected chi connectivity index (χ3v) is 14.6. The average Bonchev–Trinajstić information content (AvgIpc) is 3.66. The highest BCUT2D eigenvalue weighted by atomic mass is 32.3. The normalized spacial score (nSPS) is 16.0. The Hall–Kier alpha value is -4.70. The molecule has 2 heterocycles. The van der Waals surface area contributed by atoms with Crippen LogP contribution in [-0.2, 0) is 0 Å². The van der Waals surface area contributed by atoms with Crippen LogP contribution in [0.1, 0.15) is 12.0 Å². The molecule has 0 radical (unpaired) electrons. The fourth-order valence-electron chi connectivity index (χ4n) is 7.28. The summed E-state index contributed by atoms with van der Waals surface area (Å²) in [6, 6.07) is 56.5. The summed E-state index contributed by atoms with van der Waals surface area (Å²) in [5, 5.41) is 3.04. The van der Waals surface area contributed by atoms with Gasteiger partial charge in [-0.1, -0.05) is 109 Å². The molecule has 2 aliphatic rings. The van der Waals surface area contributed by atoms with Crippen LogP contribution in [-0.4, -0.2) is 9.82 Å². The SMILES string of the molecule is C1=CCC2Sc3c(cccc3S(c3ccccc3)(c3ccccc3)c3cccc(-n4c5ccccc5c5ccccc54)c3)C2=C1. The van der Waals surface area contributed by atoms with Crippen molar-refractivity contribution in [2.24, 2.45) is 0 Å². The number of allylic oxidation sites excluding steroid dienone is 3. The molecule has 0 saturated heterocycles. The standard InChI is InChI=1S/C42H31NS2/c1-3-16-31(17-4-1)45(32-18-5-2-6-19-32,41-28-14-24-37-36-23-9-12-27-40(36)44-42(37)41)33-20-13-15-30(29-33)43-38-25-10-7-21-34(38)35-22-8-11-26-39(35)43/h1-26,28-29,40H,27H2. The van der Waals surface area contributed by atoms with Crippen molar-refractivity contribution < 1.29 is 0 Å². The molecule has 0 amide bonds. The largest absolute Gasteiger partial charge is 0.309 e. The van der Waals surface area contributed by atoms with E-state index in [4.69, 9.17) is 0 Å². The number of para-hydroxylation sites is 2. The number of aromatic nitrogens is 1. The average molecular weight is 614 g/mol. The van der Waals surface area contributed by atoms with Crippen molar-refractivity contribution in [2.75, 3.05) is 0 Å². The molecule has 1 unspecified atom stereocenters. The summed E-state index contributed by atoms with van der Waals surface area (Å²) < 4.78 is 2.45. The molecule has 45 heavy (non-hydrogen) atoms. The summed E-state index contributed by atoms with van der Waals surface area (Å²) >= 11 is 2.06. The van der Waals surface area contributed by atoms with Crippen molar-refractivity contribution in [1.82, 2.24) is 4.57 Å². The molecular formula is C42H31NS2. The molecule has 0 spiro atoms. The summed E-state index contributed by atoms with van der Waals surface area (Å²) in [7, 11) is -1.88. The Morgan fingerprint density at radius 1 is 0.578 bits per heavy atom. The van der Waals surface area contributed by atoms with Gasteiger partial charge in [0.15, 0.2) is 0 Å². The van der Waals surface area contributed by atoms with Crippen LogP contribution in [0.4, 0.5) is 0 Å². The van der Waals surface area contributed by atoms with E-state index in [0.29, 0.717) is 5.25 Å². The number of nitrogens with zero attached hydrogens (tertiary/aromatic N) is 1. The van der Waals surface area contributed by atoms with E-state index in [1.54, 1.807) is 0 Å². The molecule has 216 valence electrons. The summed E-state index contributed by atoms with van der Waals surface area (Å²) in [5.41, 5.74) is 6.52. The number of thioether (sulfide) groups is 1. The van der Waals surface area contributed by atoms with Gasteiger partial charge >= 0.3 is 0 Å². The van der Waals surface area contributed by atoms with Crippen molar-refractivity contribution in [3.63, 3.8) is 0 Å². The van der Waals surface area contributed by atoms with Gasteiger partial charge in [-0.25, -0.2) is 0 Å². The predicted octanol–water partition coefficient (Wildman–Crippen LogP) is 11.9. The predicted molar refractivity (Wildman–Crippen MR) is 192 cm³/mol. The second-order valence-corrected chi connectivity index (χ2v) is 15.9. The molecule has 0 fully saturated rings. The monoisotopic (exact) mass is 613 g/mol. The van der Waals surface area contributed by atoms with Crippen LogP contribution < -0.4 is 0 Å². The van der Waals surface area contributed by atoms with Gasteiger partial charge in [0.05, 0.1) is 11.0 Å². The molecule has 3 heteroatoms. The summed E-state index contributed by atoms with van der Waals surface area (Å²) in [4.78, 5) is 6.91. The maximum absolute atomic E-state index is 2.47. The number of benzene rings is 6. The van der Waals surface area contributed by atoms with Gasteiger partial charge in [-0.2, -0.15) is 0 Å². The molecule has 0 bridgehead atoms. The third kappa shape index (κ3) is 4.04. The van der Waals surface area contributed by atoms with E-state index >= 15 is 0 Å². The molecule has 7 aromatic rings. The maximum Gasteiger partial charge on any atom is 0.0541 e. The van der Waals surface area contributed by atoms with Crippen molar-refractivity contribution in [2.45, 2.75) is 36.1 Å². The van der Waals surface area contributed by atoms with E-state index in [1.165, 1.54) is 63.1 Å². The number of hydrogen-bond acceptors (Lipinski definition) is 1. The van der Waals surface area contributed by atoms with Crippen LogP contribution in [0.3, 0.4) is 0 Å². The molecule has 1 atom stereocenters. The molecule has 1 nitrogen and oxygen atoms in total. The zero-order chi connectivity index (χ0) is 29.8. The van der Waals surface area contributed by atoms with Crippen LogP contribution >= 0.6 is 21.8 Å². The highest BCUT2D eigenvalue weighted by Gasteiger charge is 2.39. The van der Waals surface area contributed by atoms with Gasteiger partial charge in [-0.15, -0.1) is 21.8 Å². The smallest absolute Gasteiger partial charge is 0.0541 e. The number of hydrogen-bond donors (Lipinski definition) is 0. The number of fused-ring (bicyclic) bond motifs is 6. The summed E-state index contributed by atoms with van der Waals surface area (Å²) in [6.07, 6.45) is 7.96. The van der Waals surface area contributed by atoms with E-state index < -0.39 is 10.0 Å². The van der Waals surface area contributed by atoms with Gasteiger partial charge in [-0.05, 0) is 78.2 Å². The fourth-order valence-corrected chi connectivity index (χ4v) is 13.1. The first-order valence-corrected chi connectivity index (χ1v) is 18.0. The molecular weight excluding hydrogens is 583 g/mol. The van der Waals surface area contributed by atoms with Crippen molar-refractivity contribution >= 4 is 49.2 Å². The van der Waals surface area contributed by atoms with Crippen LogP contribution in [0.25, 0.3) is 33.1 Å². The molecule has 1 aliphatic carbocycles. The Balaban J connectivity index is 1.38. The van der Waals surface area contributed by atoms with Gasteiger partial charge in [0.1, 0.15) is 0 Å². The number of rotatable bonds is 5. The lowest BCUT2D eigenvalue weighted by molar-refractivity contribution is 1.09. The lowest BCUT2D eigenvalue weighted by Crippen LogP contribution is -2.07. The van der Waals surface area contributed by atoms with Crippen molar-refractivity contribution in [3.8, 4) is 5.69 Å². The first-order chi connectivity index (χ1) is 22.3. The highest BCUT2D eigenvalue weighted by molar-refractivity contribution is 8.34. The van der Waals surface area contributed by atoms with Gasteiger partial charge in [0.2, 0.25) is 0 Å². The van der Waals surface area contributed by atoms with Gasteiger partial charge in [-0.3, -0.25) is 0 Å². The minimum absolute atomic E-state index is 0.471. The van der Waals surface area contributed by atoms with Crippen LogP contribution in [0, 0.1) is 0 Å². The second-order valence-electron chi connectivity index (χ2n) is 11.6. The topological polar surface area (TPSA) is 4.93 Å². The van der Waals surface area contributed by atoms with E-state index in [9.17, 15) is 0 Å². The van der Waals surface area contributed by atoms with Crippen molar-refractivity contribution in [1.29, 1.82) is 0 Å². The molecule has 1 aromatic heterocycles. The molecule has 0 N–H and O–H groups in total. The van der Waals surface area contributed by atoms with Crippen molar-refractivity contribution in [3.05, 3.63) is 175 Å². The van der Waals surface area contributed by atoms with E-state index in [0.717, 1.165) is 6.42 Å². The molecule has 9 rings (SSSR count). The van der Waals surface area contributed by atoms with E-state index in [2.05, 4.69) is 186 Å². The Morgan fingerprint density at radius 2 is 1.18 bits per heavy atom. The second kappa shape index (κ2) is 10.7. The molecule has 1 aliphatic heterocycles.